The molecule has 0 aliphatic heterocycles. The standard InChI is InChI=1S/C33H26FN2O/c1-19-16-20(2)21(3)27(17-19)32-33-26(14-15-35(32)4)24-13-12-22(18-30(24)37-33)36-29-11-6-5-8-23(29)25-9-7-10-28(34)31(25)36/h5-18H,1-4H3/q+1. The van der Waals surface area contributed by atoms with Crippen LogP contribution in [0.5, 0.6) is 0 Å². The Labute approximate surface area is 214 Å². The van der Waals surface area contributed by atoms with Gasteiger partial charge in [-0.15, -0.1) is 0 Å². The summed E-state index contributed by atoms with van der Waals surface area (Å²) in [6.07, 6.45) is 2.10. The van der Waals surface area contributed by atoms with Gasteiger partial charge in [0.25, 0.3) is 5.69 Å². The van der Waals surface area contributed by atoms with Crippen LogP contribution in [-0.4, -0.2) is 4.57 Å². The molecule has 0 N–H and O–H groups in total. The van der Waals surface area contributed by atoms with Crippen LogP contribution in [0.2, 0.25) is 0 Å². The lowest BCUT2D eigenvalue weighted by Crippen LogP contribution is -2.30. The molecule has 180 valence electrons. The first-order valence-electron chi connectivity index (χ1n) is 12.5. The van der Waals surface area contributed by atoms with Crippen LogP contribution < -0.4 is 4.57 Å². The summed E-state index contributed by atoms with van der Waals surface area (Å²) >= 11 is 0. The van der Waals surface area contributed by atoms with E-state index in [0.29, 0.717) is 5.52 Å². The quantitative estimate of drug-likeness (QED) is 0.226. The molecule has 0 unspecified atom stereocenters. The first kappa shape index (κ1) is 21.8. The molecule has 7 aromatic rings. The van der Waals surface area contributed by atoms with Gasteiger partial charge in [-0.1, -0.05) is 42.0 Å². The fraction of sp³-hybridized carbons (Fsp3) is 0.121. The van der Waals surface area contributed by atoms with E-state index in [0.717, 1.165) is 49.6 Å². The molecule has 4 heteroatoms. The summed E-state index contributed by atoms with van der Waals surface area (Å²) in [5, 5.41) is 4.05. The fourth-order valence-corrected chi connectivity index (χ4v) is 5.85. The predicted octanol–water partition coefficient (Wildman–Crippen LogP) is 8.24. The Morgan fingerprint density at radius 2 is 1.59 bits per heavy atom. The van der Waals surface area contributed by atoms with Crippen LogP contribution in [0, 0.1) is 26.6 Å². The number of furan rings is 1. The smallest absolute Gasteiger partial charge is 0.256 e. The number of fused-ring (bicyclic) bond motifs is 6. The number of rotatable bonds is 2. The van der Waals surface area contributed by atoms with Crippen LogP contribution >= 0.6 is 0 Å². The first-order chi connectivity index (χ1) is 17.9. The lowest BCUT2D eigenvalue weighted by atomic mass is 9.96. The maximum absolute atomic E-state index is 15.2. The van der Waals surface area contributed by atoms with Crippen LogP contribution in [0.4, 0.5) is 4.39 Å². The normalized spacial score (nSPS) is 11.9. The zero-order valence-corrected chi connectivity index (χ0v) is 21.3. The van der Waals surface area contributed by atoms with Crippen molar-refractivity contribution < 1.29 is 13.4 Å². The third-order valence-electron chi connectivity index (χ3n) is 7.72. The van der Waals surface area contributed by atoms with Crippen LogP contribution in [0.3, 0.4) is 0 Å². The zero-order chi connectivity index (χ0) is 25.4. The number of para-hydroxylation sites is 2. The van der Waals surface area contributed by atoms with Crippen LogP contribution in [0.1, 0.15) is 16.7 Å². The summed E-state index contributed by atoms with van der Waals surface area (Å²) in [5.74, 6) is -0.238. The second kappa shape index (κ2) is 7.78. The lowest BCUT2D eigenvalue weighted by molar-refractivity contribution is -0.659. The number of aromatic nitrogens is 2. The molecule has 0 saturated carbocycles. The van der Waals surface area contributed by atoms with E-state index in [-0.39, 0.29) is 5.82 Å². The number of hydrogen-bond donors (Lipinski definition) is 0. The van der Waals surface area contributed by atoms with E-state index in [1.807, 2.05) is 41.0 Å². The molecule has 37 heavy (non-hydrogen) atoms. The molecule has 7 rings (SSSR count). The number of nitrogens with zero attached hydrogens (tertiary/aromatic N) is 2. The summed E-state index contributed by atoms with van der Waals surface area (Å²) in [4.78, 5) is 0. The molecule has 3 heterocycles. The fourth-order valence-electron chi connectivity index (χ4n) is 5.85. The van der Waals surface area contributed by atoms with Crippen molar-refractivity contribution in [3.05, 3.63) is 108 Å². The molecular formula is C33H26FN2O+. The topological polar surface area (TPSA) is 21.9 Å². The lowest BCUT2D eigenvalue weighted by Gasteiger charge is -2.09. The van der Waals surface area contributed by atoms with Crippen molar-refractivity contribution in [2.24, 2.45) is 7.05 Å². The highest BCUT2D eigenvalue weighted by molar-refractivity contribution is 6.11. The molecule has 3 aromatic heterocycles. The maximum Gasteiger partial charge on any atom is 0.256 e. The Hall–Kier alpha value is -4.44. The van der Waals surface area contributed by atoms with E-state index >= 15 is 4.39 Å². The van der Waals surface area contributed by atoms with Gasteiger partial charge < -0.3 is 8.98 Å². The molecule has 0 aliphatic rings. The molecule has 3 nitrogen and oxygen atoms in total. The largest absolute Gasteiger partial charge is 0.449 e. The van der Waals surface area contributed by atoms with E-state index in [4.69, 9.17) is 4.42 Å². The number of benzene rings is 4. The molecule has 0 fully saturated rings. The van der Waals surface area contributed by atoms with Crippen LogP contribution in [0.25, 0.3) is 60.7 Å². The Kier molecular flexibility index (Phi) is 4.58. The SMILES string of the molecule is Cc1cc(C)c(C)c(-c2c3oc4cc(-n5c6ccccc6c6cccc(F)c65)ccc4c3cc[n+]2C)c1. The van der Waals surface area contributed by atoms with Gasteiger partial charge in [0.2, 0.25) is 5.58 Å². The number of halogens is 1. The number of aryl methyl sites for hydroxylation is 3. The van der Waals surface area contributed by atoms with Crippen LogP contribution in [-0.2, 0) is 7.05 Å². The van der Waals surface area contributed by atoms with Gasteiger partial charge in [-0.2, -0.15) is 4.57 Å². The van der Waals surface area contributed by atoms with Crippen molar-refractivity contribution in [3.8, 4) is 16.9 Å². The van der Waals surface area contributed by atoms with Crippen LogP contribution in [0.15, 0.2) is 89.5 Å². The molecular weight excluding hydrogens is 459 g/mol. The molecule has 0 atom stereocenters. The van der Waals surface area contributed by atoms with E-state index < -0.39 is 0 Å². The molecule has 4 aromatic carbocycles. The molecule has 0 spiro atoms. The Bertz CT molecular complexity index is 2040. The number of hydrogen-bond acceptors (Lipinski definition) is 1. The van der Waals surface area contributed by atoms with Gasteiger partial charge in [-0.25, -0.2) is 4.39 Å². The molecule has 0 radical (unpaired) electrons. The molecule has 0 amide bonds. The third-order valence-corrected chi connectivity index (χ3v) is 7.72. The van der Waals surface area contributed by atoms with Crippen molar-refractivity contribution in [2.75, 3.05) is 0 Å². The van der Waals surface area contributed by atoms with Gasteiger partial charge in [0.05, 0.1) is 22.3 Å². The van der Waals surface area contributed by atoms with Gasteiger partial charge >= 0.3 is 0 Å². The predicted molar refractivity (Wildman–Crippen MR) is 149 cm³/mol. The van der Waals surface area contributed by atoms with E-state index in [9.17, 15) is 0 Å². The third kappa shape index (κ3) is 3.08. The second-order valence-electron chi connectivity index (χ2n) is 10.0. The average Bonchev–Trinajstić information content (AvgIpc) is 3.42. The monoisotopic (exact) mass is 485 g/mol. The highest BCUT2D eigenvalue weighted by Gasteiger charge is 2.24. The number of pyridine rings is 1. The minimum Gasteiger partial charge on any atom is -0.449 e. The first-order valence-corrected chi connectivity index (χ1v) is 12.5. The van der Waals surface area contributed by atoms with Gasteiger partial charge in [0.15, 0.2) is 6.20 Å². The highest BCUT2D eigenvalue weighted by atomic mass is 19.1. The van der Waals surface area contributed by atoms with E-state index in [1.54, 1.807) is 6.07 Å². The Balaban J connectivity index is 1.54. The summed E-state index contributed by atoms with van der Waals surface area (Å²) in [7, 11) is 2.06. The van der Waals surface area contributed by atoms with E-state index in [2.05, 4.69) is 68.9 Å². The maximum atomic E-state index is 15.2. The summed E-state index contributed by atoms with van der Waals surface area (Å²) in [6, 6.07) is 26.1. The molecule has 0 saturated heterocycles. The van der Waals surface area contributed by atoms with Gasteiger partial charge in [-0.3, -0.25) is 0 Å². The van der Waals surface area contributed by atoms with E-state index in [1.165, 1.54) is 28.3 Å². The van der Waals surface area contributed by atoms with Gasteiger partial charge in [0.1, 0.15) is 18.4 Å². The Morgan fingerprint density at radius 1 is 0.784 bits per heavy atom. The molecule has 0 bridgehead atoms. The second-order valence-corrected chi connectivity index (χ2v) is 10.0. The average molecular weight is 486 g/mol. The van der Waals surface area contributed by atoms with Crippen molar-refractivity contribution in [1.82, 2.24) is 4.57 Å². The van der Waals surface area contributed by atoms with Crippen molar-refractivity contribution in [2.45, 2.75) is 20.8 Å². The summed E-state index contributed by atoms with van der Waals surface area (Å²) in [5.41, 5.74) is 10.0. The van der Waals surface area contributed by atoms with Gasteiger partial charge in [0, 0.05) is 33.7 Å². The minimum absolute atomic E-state index is 0.238. The minimum atomic E-state index is -0.238. The van der Waals surface area contributed by atoms with Crippen molar-refractivity contribution in [1.29, 1.82) is 0 Å². The zero-order valence-electron chi connectivity index (χ0n) is 21.3. The highest BCUT2D eigenvalue weighted by Crippen LogP contribution is 2.38. The summed E-state index contributed by atoms with van der Waals surface area (Å²) in [6.45, 7) is 6.45. The van der Waals surface area contributed by atoms with Crippen molar-refractivity contribution in [3.63, 3.8) is 0 Å². The van der Waals surface area contributed by atoms with Gasteiger partial charge in [-0.05, 0) is 62.2 Å². The molecule has 0 aliphatic carbocycles. The Morgan fingerprint density at radius 3 is 2.46 bits per heavy atom. The summed E-state index contributed by atoms with van der Waals surface area (Å²) < 4.78 is 25.9. The van der Waals surface area contributed by atoms with Crippen molar-refractivity contribution >= 4 is 43.7 Å².